The predicted octanol–water partition coefficient (Wildman–Crippen LogP) is 4.52. The van der Waals surface area contributed by atoms with Crippen LogP contribution in [0.2, 0.25) is 0 Å². The van der Waals surface area contributed by atoms with Gasteiger partial charge in [0.2, 0.25) is 0 Å². The van der Waals surface area contributed by atoms with Gasteiger partial charge in [-0.25, -0.2) is 0 Å². The number of benzene rings is 1. The zero-order valence-electron chi connectivity index (χ0n) is 9.55. The third-order valence-corrected chi connectivity index (χ3v) is 4.67. The quantitative estimate of drug-likeness (QED) is 0.680. The Morgan fingerprint density at radius 2 is 1.63 bits per heavy atom. The highest BCUT2D eigenvalue weighted by Gasteiger charge is 2.14. The molecule has 0 saturated carbocycles. The summed E-state index contributed by atoms with van der Waals surface area (Å²) in [6, 6.07) is 6.99. The van der Waals surface area contributed by atoms with E-state index in [9.17, 15) is 0 Å². The number of anilines is 1. The first-order valence-corrected chi connectivity index (χ1v) is 7.19. The van der Waals surface area contributed by atoms with Gasteiger partial charge in [-0.2, -0.15) is 15.8 Å². The van der Waals surface area contributed by atoms with Crippen molar-refractivity contribution in [3.8, 4) is 18.2 Å². The Balaban J connectivity index is 3.41. The summed E-state index contributed by atoms with van der Waals surface area (Å²) >= 11 is 10.2. The zero-order chi connectivity index (χ0) is 14.6. The van der Waals surface area contributed by atoms with E-state index < -0.39 is 0 Å². The maximum atomic E-state index is 9.01. The van der Waals surface area contributed by atoms with Crippen LogP contribution in [0.4, 0.5) is 5.69 Å². The average molecular weight is 445 g/mol. The Kier molecular flexibility index (Phi) is 5.57. The van der Waals surface area contributed by atoms with Crippen molar-refractivity contribution in [3.63, 3.8) is 0 Å². The Morgan fingerprint density at radius 1 is 1.05 bits per heavy atom. The van der Waals surface area contributed by atoms with E-state index in [1.54, 1.807) is 12.1 Å². The molecule has 0 saturated heterocycles. The first-order valence-electron chi connectivity index (χ1n) is 4.82. The third-order valence-electron chi connectivity index (χ3n) is 2.23. The number of allylic oxidation sites excluding steroid dienone is 2. The minimum Gasteiger partial charge on any atom is -0.343 e. The summed E-state index contributed by atoms with van der Waals surface area (Å²) in [4.78, 5) is 0. The Labute approximate surface area is 135 Å². The molecule has 0 fully saturated rings. The molecule has 0 atom stereocenters. The van der Waals surface area contributed by atoms with Crippen molar-refractivity contribution >= 4 is 53.5 Å². The molecule has 0 bridgehead atoms. The molecule has 1 rings (SSSR count). The average Bonchev–Trinajstić information content (AvgIpc) is 2.40. The van der Waals surface area contributed by atoms with Gasteiger partial charge in [-0.05, 0) is 50.4 Å². The van der Waals surface area contributed by atoms with Crippen LogP contribution in [0.15, 0.2) is 30.8 Å². The van der Waals surface area contributed by atoms with E-state index in [-0.39, 0.29) is 11.3 Å². The number of hydrogen-bond acceptors (Lipinski definition) is 4. The van der Waals surface area contributed by atoms with Crippen molar-refractivity contribution in [3.05, 3.63) is 36.3 Å². The van der Waals surface area contributed by atoms with Crippen LogP contribution in [0.25, 0.3) is 0 Å². The van der Waals surface area contributed by atoms with Gasteiger partial charge in [-0.15, -0.1) is 0 Å². The van der Waals surface area contributed by atoms with E-state index in [0.717, 1.165) is 14.5 Å². The number of hydrogen-bond donors (Lipinski definition) is 1. The molecule has 0 spiro atoms. The van der Waals surface area contributed by atoms with Gasteiger partial charge < -0.3 is 5.32 Å². The maximum absolute atomic E-state index is 9.01. The molecule has 7 heteroatoms. The van der Waals surface area contributed by atoms with Gasteiger partial charge in [-0.3, -0.25) is 0 Å². The van der Waals surface area contributed by atoms with Crippen molar-refractivity contribution in [2.45, 2.75) is 6.92 Å². The molecule has 0 unspecified atom stereocenters. The van der Waals surface area contributed by atoms with Crippen LogP contribution in [0, 0.1) is 40.9 Å². The molecule has 0 aromatic heterocycles. The van der Waals surface area contributed by atoms with Gasteiger partial charge in [0.25, 0.3) is 0 Å². The lowest BCUT2D eigenvalue weighted by Gasteiger charge is -2.13. The fourth-order valence-corrected chi connectivity index (χ4v) is 3.53. The summed E-state index contributed by atoms with van der Waals surface area (Å²) in [5.74, 6) is 0. The topological polar surface area (TPSA) is 83.4 Å². The van der Waals surface area contributed by atoms with Gasteiger partial charge in [0.15, 0.2) is 5.57 Å². The molecule has 19 heavy (non-hydrogen) atoms. The fourth-order valence-electron chi connectivity index (χ4n) is 1.21. The molecular weight excluding hydrogens is 440 g/mol. The molecule has 0 aliphatic rings. The Morgan fingerprint density at radius 3 is 2.11 bits per heavy atom. The van der Waals surface area contributed by atoms with Gasteiger partial charge >= 0.3 is 0 Å². The highest BCUT2D eigenvalue weighted by molar-refractivity contribution is 9.11. The lowest BCUT2D eigenvalue weighted by atomic mass is 10.2. The van der Waals surface area contributed by atoms with Crippen molar-refractivity contribution in [1.29, 1.82) is 15.8 Å². The minimum atomic E-state index is -0.262. The Hall–Kier alpha value is -1.33. The second-order valence-electron chi connectivity index (χ2n) is 3.36. The summed E-state index contributed by atoms with van der Waals surface area (Å²) in [7, 11) is 0. The van der Waals surface area contributed by atoms with E-state index >= 15 is 0 Å². The van der Waals surface area contributed by atoms with Crippen molar-refractivity contribution in [2.24, 2.45) is 0 Å². The van der Waals surface area contributed by atoms with Gasteiger partial charge in [0, 0.05) is 13.4 Å². The zero-order valence-corrected chi connectivity index (χ0v) is 14.3. The molecule has 4 nitrogen and oxygen atoms in total. The van der Waals surface area contributed by atoms with Crippen molar-refractivity contribution in [2.75, 3.05) is 5.32 Å². The lowest BCUT2D eigenvalue weighted by molar-refractivity contribution is 1.32. The van der Waals surface area contributed by atoms with E-state index in [1.165, 1.54) is 0 Å². The number of nitrogens with one attached hydrogen (secondary N) is 1. The molecule has 0 aliphatic carbocycles. The summed E-state index contributed by atoms with van der Waals surface area (Å²) < 4.78 is 2.32. The number of nitrogens with zero attached hydrogens (tertiary/aromatic N) is 3. The summed E-state index contributed by atoms with van der Waals surface area (Å²) in [5.41, 5.74) is 1.16. The van der Waals surface area contributed by atoms with Crippen LogP contribution in [0.3, 0.4) is 0 Å². The Bertz CT molecular complexity index is 671. The molecule has 0 amide bonds. The predicted molar refractivity (Wildman–Crippen MR) is 81.8 cm³/mol. The second-order valence-corrected chi connectivity index (χ2v) is 5.87. The van der Waals surface area contributed by atoms with E-state index in [0.29, 0.717) is 10.2 Å². The van der Waals surface area contributed by atoms with Crippen LogP contribution in [-0.4, -0.2) is 0 Å². The highest BCUT2D eigenvalue weighted by Crippen LogP contribution is 2.38. The summed E-state index contributed by atoms with van der Waals surface area (Å²) in [5, 5.41) is 29.4. The molecule has 0 radical (unpaired) electrons. The van der Waals surface area contributed by atoms with Crippen LogP contribution in [0.5, 0.6) is 0 Å². The maximum Gasteiger partial charge on any atom is 0.163 e. The van der Waals surface area contributed by atoms with Crippen LogP contribution >= 0.6 is 47.8 Å². The largest absolute Gasteiger partial charge is 0.343 e. The standard InChI is InChI=1S/C12H5Br3N4/c1-6-8(13)2-9(14)12(11(6)15)19-10(5-18)7(3-16)4-17/h2,19H,1H3. The molecule has 0 aliphatic heterocycles. The molecule has 1 N–H and O–H groups in total. The first-order chi connectivity index (χ1) is 8.96. The smallest absolute Gasteiger partial charge is 0.163 e. The molecule has 1 aromatic rings. The monoisotopic (exact) mass is 442 g/mol. The first kappa shape index (κ1) is 15.7. The number of rotatable bonds is 2. The van der Waals surface area contributed by atoms with Gasteiger partial charge in [0.05, 0.1) is 5.69 Å². The molecule has 94 valence electrons. The molecule has 0 heterocycles. The van der Waals surface area contributed by atoms with E-state index in [1.807, 2.05) is 19.1 Å². The van der Waals surface area contributed by atoms with Crippen LogP contribution in [0.1, 0.15) is 5.56 Å². The summed E-state index contributed by atoms with van der Waals surface area (Å²) in [6.07, 6.45) is 0. The van der Waals surface area contributed by atoms with Crippen LogP contribution in [-0.2, 0) is 0 Å². The van der Waals surface area contributed by atoms with Crippen LogP contribution < -0.4 is 5.32 Å². The van der Waals surface area contributed by atoms with Crippen molar-refractivity contribution in [1.82, 2.24) is 0 Å². The van der Waals surface area contributed by atoms with Crippen molar-refractivity contribution < 1.29 is 0 Å². The van der Waals surface area contributed by atoms with Gasteiger partial charge in [0.1, 0.15) is 23.9 Å². The summed E-state index contributed by atoms with van der Waals surface area (Å²) in [6.45, 7) is 1.89. The fraction of sp³-hybridized carbons (Fsp3) is 0.0833. The van der Waals surface area contributed by atoms with Gasteiger partial charge in [-0.1, -0.05) is 15.9 Å². The normalized spacial score (nSPS) is 8.89. The lowest BCUT2D eigenvalue weighted by Crippen LogP contribution is -2.03. The minimum absolute atomic E-state index is 0.0897. The SMILES string of the molecule is Cc1c(Br)cc(Br)c(NC(C#N)=C(C#N)C#N)c1Br. The van der Waals surface area contributed by atoms with E-state index in [4.69, 9.17) is 15.8 Å². The highest BCUT2D eigenvalue weighted by atomic mass is 79.9. The molecule has 1 aromatic carbocycles. The van der Waals surface area contributed by atoms with E-state index in [2.05, 4.69) is 53.1 Å². The third kappa shape index (κ3) is 3.36. The number of halogens is 3. The second kappa shape index (κ2) is 6.73. The number of nitriles is 3. The molecular formula is C12H5Br3N4.